The third-order valence-electron chi connectivity index (χ3n) is 2.67. The molecule has 0 aliphatic carbocycles. The first-order valence-electron chi connectivity index (χ1n) is 5.44. The molecule has 2 atom stereocenters. The molecule has 1 heterocycles. The zero-order valence-electron chi connectivity index (χ0n) is 9.29. The summed E-state index contributed by atoms with van der Waals surface area (Å²) in [6.07, 6.45) is 3.05. The number of rotatable bonds is 6. The number of carbonyl (C=O) groups excluding carboxylic acids is 1. The Bertz CT molecular complexity index is 219. The van der Waals surface area contributed by atoms with Crippen LogP contribution in [-0.2, 0) is 9.53 Å². The summed E-state index contributed by atoms with van der Waals surface area (Å²) in [5.74, 6) is 0.504. The van der Waals surface area contributed by atoms with E-state index in [0.29, 0.717) is 19.0 Å². The smallest absolute Gasteiger partial charge is 0.233 e. The summed E-state index contributed by atoms with van der Waals surface area (Å²) in [4.78, 5) is 11.3. The highest BCUT2D eigenvalue weighted by Gasteiger charge is 2.24. The lowest BCUT2D eigenvalue weighted by molar-refractivity contribution is -0.120. The van der Waals surface area contributed by atoms with E-state index < -0.39 is 0 Å². The van der Waals surface area contributed by atoms with Gasteiger partial charge in [0.25, 0.3) is 0 Å². The standard InChI is InChI=1S/C11H20N2O2/c1-3-5-12-8-11(14)13-7-10-4-6-15-9(10)2/h3,9-10,12H,1,4-8H2,2H3,(H,13,14). The van der Waals surface area contributed by atoms with Crippen molar-refractivity contribution in [2.45, 2.75) is 19.4 Å². The number of ether oxygens (including phenoxy) is 1. The predicted molar refractivity (Wildman–Crippen MR) is 59.6 cm³/mol. The number of hydrogen-bond acceptors (Lipinski definition) is 3. The van der Waals surface area contributed by atoms with Crippen molar-refractivity contribution < 1.29 is 9.53 Å². The van der Waals surface area contributed by atoms with E-state index in [1.807, 2.05) is 0 Å². The Balaban J connectivity index is 2.08. The van der Waals surface area contributed by atoms with Gasteiger partial charge in [0.2, 0.25) is 5.91 Å². The Kier molecular flexibility index (Phi) is 5.36. The van der Waals surface area contributed by atoms with E-state index in [1.54, 1.807) is 6.08 Å². The summed E-state index contributed by atoms with van der Waals surface area (Å²) < 4.78 is 5.42. The SMILES string of the molecule is C=CCNCC(=O)NCC1CCOC1C. The summed E-state index contributed by atoms with van der Waals surface area (Å²) in [6.45, 7) is 8.17. The topological polar surface area (TPSA) is 50.4 Å². The first kappa shape index (κ1) is 12.2. The predicted octanol–water partition coefficient (Wildman–Crippen LogP) is 0.303. The summed E-state index contributed by atoms with van der Waals surface area (Å²) in [7, 11) is 0. The molecular weight excluding hydrogens is 192 g/mol. The van der Waals surface area contributed by atoms with E-state index >= 15 is 0 Å². The number of amides is 1. The van der Waals surface area contributed by atoms with Crippen molar-refractivity contribution >= 4 is 5.91 Å². The third kappa shape index (κ3) is 4.44. The van der Waals surface area contributed by atoms with Crippen molar-refractivity contribution in [3.63, 3.8) is 0 Å². The van der Waals surface area contributed by atoms with Crippen LogP contribution in [0.2, 0.25) is 0 Å². The first-order valence-corrected chi connectivity index (χ1v) is 5.44. The normalized spacial score (nSPS) is 25.1. The van der Waals surface area contributed by atoms with Crippen LogP contribution in [0.25, 0.3) is 0 Å². The maximum Gasteiger partial charge on any atom is 0.233 e. The Labute approximate surface area is 91.1 Å². The third-order valence-corrected chi connectivity index (χ3v) is 2.67. The second-order valence-electron chi connectivity index (χ2n) is 3.85. The quantitative estimate of drug-likeness (QED) is 0.492. The van der Waals surface area contributed by atoms with Gasteiger partial charge in [-0.05, 0) is 13.3 Å². The van der Waals surface area contributed by atoms with Crippen LogP contribution >= 0.6 is 0 Å². The molecule has 0 spiro atoms. The van der Waals surface area contributed by atoms with Crippen molar-refractivity contribution in [3.05, 3.63) is 12.7 Å². The fraction of sp³-hybridized carbons (Fsp3) is 0.727. The zero-order valence-corrected chi connectivity index (χ0v) is 9.29. The van der Waals surface area contributed by atoms with Crippen molar-refractivity contribution in [3.8, 4) is 0 Å². The van der Waals surface area contributed by atoms with Gasteiger partial charge in [-0.15, -0.1) is 6.58 Å². The molecular formula is C11H20N2O2. The first-order chi connectivity index (χ1) is 7.24. The van der Waals surface area contributed by atoms with Gasteiger partial charge in [-0.25, -0.2) is 0 Å². The molecule has 0 aromatic carbocycles. The molecule has 1 aliphatic rings. The molecule has 1 saturated heterocycles. The molecule has 4 heteroatoms. The number of nitrogens with one attached hydrogen (secondary N) is 2. The molecule has 0 aromatic heterocycles. The molecule has 0 aromatic rings. The maximum absolute atomic E-state index is 11.3. The van der Waals surface area contributed by atoms with Gasteiger partial charge in [-0.1, -0.05) is 6.08 Å². The summed E-state index contributed by atoms with van der Waals surface area (Å²) in [5.41, 5.74) is 0. The second kappa shape index (κ2) is 6.58. The fourth-order valence-electron chi connectivity index (χ4n) is 1.64. The van der Waals surface area contributed by atoms with Crippen LogP contribution in [0, 0.1) is 5.92 Å². The van der Waals surface area contributed by atoms with E-state index in [-0.39, 0.29) is 12.0 Å². The lowest BCUT2D eigenvalue weighted by Crippen LogP contribution is -2.37. The van der Waals surface area contributed by atoms with E-state index in [0.717, 1.165) is 19.6 Å². The van der Waals surface area contributed by atoms with Crippen LogP contribution in [-0.4, -0.2) is 38.3 Å². The highest BCUT2D eigenvalue weighted by molar-refractivity contribution is 5.77. The summed E-state index contributed by atoms with van der Waals surface area (Å²) in [6, 6.07) is 0. The molecule has 4 nitrogen and oxygen atoms in total. The fourth-order valence-corrected chi connectivity index (χ4v) is 1.64. The lowest BCUT2D eigenvalue weighted by Gasteiger charge is -2.14. The van der Waals surface area contributed by atoms with Gasteiger partial charge in [0.15, 0.2) is 0 Å². The van der Waals surface area contributed by atoms with Crippen LogP contribution in [0.3, 0.4) is 0 Å². The average Bonchev–Trinajstić information content (AvgIpc) is 2.61. The van der Waals surface area contributed by atoms with E-state index in [9.17, 15) is 4.79 Å². The molecule has 1 fully saturated rings. The summed E-state index contributed by atoms with van der Waals surface area (Å²) in [5, 5.41) is 5.86. The van der Waals surface area contributed by atoms with Crippen LogP contribution in [0.4, 0.5) is 0 Å². The Morgan fingerprint density at radius 1 is 1.67 bits per heavy atom. The highest BCUT2D eigenvalue weighted by atomic mass is 16.5. The Morgan fingerprint density at radius 2 is 2.47 bits per heavy atom. The van der Waals surface area contributed by atoms with E-state index in [1.165, 1.54) is 0 Å². The Morgan fingerprint density at radius 3 is 3.07 bits per heavy atom. The molecule has 86 valence electrons. The van der Waals surface area contributed by atoms with Crippen molar-refractivity contribution in [2.24, 2.45) is 5.92 Å². The van der Waals surface area contributed by atoms with Crippen molar-refractivity contribution in [1.82, 2.24) is 10.6 Å². The van der Waals surface area contributed by atoms with Crippen molar-refractivity contribution in [1.29, 1.82) is 0 Å². The Hall–Kier alpha value is -0.870. The molecule has 0 saturated carbocycles. The minimum atomic E-state index is 0.0379. The van der Waals surface area contributed by atoms with Gasteiger partial charge in [-0.3, -0.25) is 4.79 Å². The highest BCUT2D eigenvalue weighted by Crippen LogP contribution is 2.18. The molecule has 1 aliphatic heterocycles. The van der Waals surface area contributed by atoms with Gasteiger partial charge in [0.05, 0.1) is 12.6 Å². The van der Waals surface area contributed by atoms with Crippen LogP contribution < -0.4 is 10.6 Å². The van der Waals surface area contributed by atoms with Gasteiger partial charge in [-0.2, -0.15) is 0 Å². The molecule has 2 N–H and O–H groups in total. The molecule has 0 bridgehead atoms. The van der Waals surface area contributed by atoms with Crippen LogP contribution in [0.15, 0.2) is 12.7 Å². The second-order valence-corrected chi connectivity index (χ2v) is 3.85. The maximum atomic E-state index is 11.3. The number of carbonyl (C=O) groups is 1. The van der Waals surface area contributed by atoms with Gasteiger partial charge >= 0.3 is 0 Å². The number of hydrogen-bond donors (Lipinski definition) is 2. The molecule has 2 unspecified atom stereocenters. The van der Waals surface area contributed by atoms with Crippen LogP contribution in [0.5, 0.6) is 0 Å². The molecule has 1 amide bonds. The van der Waals surface area contributed by atoms with Crippen molar-refractivity contribution in [2.75, 3.05) is 26.2 Å². The average molecular weight is 212 g/mol. The van der Waals surface area contributed by atoms with E-state index in [4.69, 9.17) is 4.74 Å². The molecule has 1 rings (SSSR count). The minimum absolute atomic E-state index is 0.0379. The van der Waals surface area contributed by atoms with Gasteiger partial charge in [0, 0.05) is 25.6 Å². The van der Waals surface area contributed by atoms with Gasteiger partial charge in [0.1, 0.15) is 0 Å². The lowest BCUT2D eigenvalue weighted by atomic mass is 10.0. The van der Waals surface area contributed by atoms with Gasteiger partial charge < -0.3 is 15.4 Å². The summed E-state index contributed by atoms with van der Waals surface area (Å²) >= 11 is 0. The monoisotopic (exact) mass is 212 g/mol. The zero-order chi connectivity index (χ0) is 11.1. The molecule has 15 heavy (non-hydrogen) atoms. The largest absolute Gasteiger partial charge is 0.378 e. The minimum Gasteiger partial charge on any atom is -0.378 e. The molecule has 0 radical (unpaired) electrons. The van der Waals surface area contributed by atoms with E-state index in [2.05, 4.69) is 24.1 Å². The van der Waals surface area contributed by atoms with Crippen LogP contribution in [0.1, 0.15) is 13.3 Å².